The number of aliphatic hydroxyl groups excluding tert-OH is 2. The van der Waals surface area contributed by atoms with Gasteiger partial charge in [-0.3, -0.25) is 9.69 Å². The SMILES string of the molecule is CCC[C@@]1(CO)CN(Cc2ccc(N(C)c3ccccc3)cc2)CC[C@H]1O.O=CO. The summed E-state index contributed by atoms with van der Waals surface area (Å²) in [6, 6.07) is 19.0. The van der Waals surface area contributed by atoms with E-state index in [9.17, 15) is 10.2 Å². The normalized spacial score (nSPS) is 21.4. The van der Waals surface area contributed by atoms with E-state index in [0.717, 1.165) is 44.6 Å². The van der Waals surface area contributed by atoms with Crippen LogP contribution in [0.4, 0.5) is 11.4 Å². The maximum atomic E-state index is 10.4. The van der Waals surface area contributed by atoms with Gasteiger partial charge in [-0.1, -0.05) is 43.7 Å². The number of aliphatic hydroxyl groups is 2. The number of hydrogen-bond donors (Lipinski definition) is 3. The van der Waals surface area contributed by atoms with E-state index in [-0.39, 0.29) is 18.5 Å². The number of carboxylic acid groups (broad SMARTS) is 1. The second-order valence-corrected chi connectivity index (χ2v) is 7.95. The zero-order valence-corrected chi connectivity index (χ0v) is 17.9. The average molecular weight is 415 g/mol. The molecule has 2 atom stereocenters. The van der Waals surface area contributed by atoms with Crippen LogP contribution in [0.2, 0.25) is 0 Å². The van der Waals surface area contributed by atoms with Gasteiger partial charge in [-0.25, -0.2) is 0 Å². The minimum absolute atomic E-state index is 0.0549. The summed E-state index contributed by atoms with van der Waals surface area (Å²) >= 11 is 0. The number of para-hydroxylation sites is 1. The lowest BCUT2D eigenvalue weighted by Crippen LogP contribution is -2.53. The van der Waals surface area contributed by atoms with Crippen molar-refractivity contribution in [3.8, 4) is 0 Å². The number of benzene rings is 2. The third-order valence-electron chi connectivity index (χ3n) is 5.90. The van der Waals surface area contributed by atoms with E-state index in [2.05, 4.69) is 72.3 Å². The van der Waals surface area contributed by atoms with E-state index in [1.54, 1.807) is 0 Å². The first kappa shape index (κ1) is 23.9. The predicted molar refractivity (Wildman–Crippen MR) is 120 cm³/mol. The Morgan fingerprint density at radius 1 is 1.13 bits per heavy atom. The Morgan fingerprint density at radius 3 is 2.30 bits per heavy atom. The Labute approximate surface area is 179 Å². The number of rotatable bonds is 7. The third-order valence-corrected chi connectivity index (χ3v) is 5.90. The number of carbonyl (C=O) groups is 1. The molecule has 3 N–H and O–H groups in total. The van der Waals surface area contributed by atoms with E-state index >= 15 is 0 Å². The van der Waals surface area contributed by atoms with E-state index in [1.165, 1.54) is 11.3 Å². The third kappa shape index (κ3) is 6.05. The molecule has 0 amide bonds. The van der Waals surface area contributed by atoms with Crippen LogP contribution in [0.1, 0.15) is 31.7 Å². The van der Waals surface area contributed by atoms with Crippen LogP contribution in [0.3, 0.4) is 0 Å². The summed E-state index contributed by atoms with van der Waals surface area (Å²) < 4.78 is 0. The molecular formula is C24H34N2O4. The van der Waals surface area contributed by atoms with E-state index < -0.39 is 6.10 Å². The number of anilines is 2. The van der Waals surface area contributed by atoms with E-state index in [0.29, 0.717) is 0 Å². The highest BCUT2D eigenvalue weighted by Crippen LogP contribution is 2.35. The molecule has 0 spiro atoms. The van der Waals surface area contributed by atoms with Gasteiger partial charge in [0.25, 0.3) is 6.47 Å². The van der Waals surface area contributed by atoms with Gasteiger partial charge in [-0.15, -0.1) is 0 Å². The van der Waals surface area contributed by atoms with Crippen LogP contribution < -0.4 is 4.90 Å². The summed E-state index contributed by atoms with van der Waals surface area (Å²) in [5.74, 6) is 0. The zero-order chi connectivity index (χ0) is 22.0. The van der Waals surface area contributed by atoms with Crippen molar-refractivity contribution in [3.05, 3.63) is 60.2 Å². The van der Waals surface area contributed by atoms with Crippen LogP contribution in [-0.2, 0) is 11.3 Å². The Morgan fingerprint density at radius 2 is 1.73 bits per heavy atom. The van der Waals surface area contributed by atoms with Gasteiger partial charge in [0, 0.05) is 43.5 Å². The predicted octanol–water partition coefficient (Wildman–Crippen LogP) is 3.50. The van der Waals surface area contributed by atoms with Crippen molar-refractivity contribution in [2.45, 2.75) is 38.8 Å². The van der Waals surface area contributed by atoms with Gasteiger partial charge in [-0.05, 0) is 42.7 Å². The first-order chi connectivity index (χ1) is 14.5. The molecule has 164 valence electrons. The van der Waals surface area contributed by atoms with Crippen LogP contribution in [0.15, 0.2) is 54.6 Å². The second-order valence-electron chi connectivity index (χ2n) is 7.95. The number of nitrogens with zero attached hydrogens (tertiary/aromatic N) is 2. The number of hydrogen-bond acceptors (Lipinski definition) is 5. The van der Waals surface area contributed by atoms with E-state index in [4.69, 9.17) is 9.90 Å². The monoisotopic (exact) mass is 414 g/mol. The smallest absolute Gasteiger partial charge is 0.290 e. The lowest BCUT2D eigenvalue weighted by atomic mass is 9.74. The fourth-order valence-corrected chi connectivity index (χ4v) is 4.24. The standard InChI is InChI=1S/C23H32N2O2.CH2O2/c1-3-14-23(18-26)17-25(15-13-22(23)27)16-19-9-11-21(12-10-19)24(2)20-7-5-4-6-8-20;2-1-3/h4-12,22,26-27H,3,13-18H2,1-2H3;1H,(H,2,3)/t22-,23+;/m1./s1. The average Bonchev–Trinajstić information content (AvgIpc) is 2.77. The molecule has 0 saturated carbocycles. The molecular weight excluding hydrogens is 380 g/mol. The maximum absolute atomic E-state index is 10.4. The molecule has 2 aromatic carbocycles. The summed E-state index contributed by atoms with van der Waals surface area (Å²) in [5.41, 5.74) is 3.22. The van der Waals surface area contributed by atoms with Gasteiger partial charge < -0.3 is 20.2 Å². The van der Waals surface area contributed by atoms with Crippen molar-refractivity contribution in [1.29, 1.82) is 0 Å². The fourth-order valence-electron chi connectivity index (χ4n) is 4.24. The lowest BCUT2D eigenvalue weighted by Gasteiger charge is -2.45. The quantitative estimate of drug-likeness (QED) is 0.602. The van der Waals surface area contributed by atoms with Gasteiger partial charge in [0.2, 0.25) is 0 Å². The molecule has 30 heavy (non-hydrogen) atoms. The fraction of sp³-hybridized carbons (Fsp3) is 0.458. The molecule has 6 heteroatoms. The van der Waals surface area contributed by atoms with Crippen molar-refractivity contribution < 1.29 is 20.1 Å². The molecule has 1 heterocycles. The van der Waals surface area contributed by atoms with Crippen molar-refractivity contribution >= 4 is 17.8 Å². The van der Waals surface area contributed by atoms with Crippen LogP contribution in [0.5, 0.6) is 0 Å². The molecule has 0 unspecified atom stereocenters. The van der Waals surface area contributed by atoms with Crippen LogP contribution in [0, 0.1) is 5.41 Å². The molecule has 1 aliphatic heterocycles. The van der Waals surface area contributed by atoms with Crippen LogP contribution in [-0.4, -0.2) is 59.5 Å². The minimum atomic E-state index is -0.402. The summed E-state index contributed by atoms with van der Waals surface area (Å²) in [5, 5.41) is 27.3. The minimum Gasteiger partial charge on any atom is -0.483 e. The highest BCUT2D eigenvalue weighted by Gasteiger charge is 2.41. The highest BCUT2D eigenvalue weighted by molar-refractivity contribution is 5.62. The van der Waals surface area contributed by atoms with Crippen molar-refractivity contribution in [2.24, 2.45) is 5.41 Å². The Balaban J connectivity index is 0.00000101. The number of piperidine rings is 1. The zero-order valence-electron chi connectivity index (χ0n) is 17.9. The van der Waals surface area contributed by atoms with Gasteiger partial charge in [0.05, 0.1) is 12.7 Å². The Bertz CT molecular complexity index is 754. The second kappa shape index (κ2) is 11.7. The molecule has 1 fully saturated rings. The first-order valence-corrected chi connectivity index (χ1v) is 10.5. The Kier molecular flexibility index (Phi) is 9.30. The molecule has 3 rings (SSSR count). The summed E-state index contributed by atoms with van der Waals surface area (Å²) in [6.45, 7) is 4.40. The topological polar surface area (TPSA) is 84.2 Å². The molecule has 1 aliphatic rings. The van der Waals surface area contributed by atoms with Crippen LogP contribution in [0.25, 0.3) is 0 Å². The summed E-state index contributed by atoms with van der Waals surface area (Å²) in [4.78, 5) is 12.9. The first-order valence-electron chi connectivity index (χ1n) is 10.5. The van der Waals surface area contributed by atoms with Crippen LogP contribution >= 0.6 is 0 Å². The van der Waals surface area contributed by atoms with Gasteiger partial charge >= 0.3 is 0 Å². The number of likely N-dealkylation sites (tertiary alicyclic amines) is 1. The molecule has 0 aromatic heterocycles. The van der Waals surface area contributed by atoms with Crippen molar-refractivity contribution in [3.63, 3.8) is 0 Å². The Hall–Kier alpha value is -2.41. The van der Waals surface area contributed by atoms with Crippen molar-refractivity contribution in [1.82, 2.24) is 4.90 Å². The molecule has 2 aromatic rings. The molecule has 6 nitrogen and oxygen atoms in total. The summed E-state index contributed by atoms with van der Waals surface area (Å²) in [6.07, 6.45) is 2.17. The molecule has 0 radical (unpaired) electrons. The van der Waals surface area contributed by atoms with E-state index in [1.807, 2.05) is 6.07 Å². The highest BCUT2D eigenvalue weighted by atomic mass is 16.3. The lowest BCUT2D eigenvalue weighted by molar-refractivity contribution is -0.122. The van der Waals surface area contributed by atoms with Gasteiger partial charge in [-0.2, -0.15) is 0 Å². The molecule has 0 aliphatic carbocycles. The maximum Gasteiger partial charge on any atom is 0.290 e. The van der Waals surface area contributed by atoms with Gasteiger partial charge in [0.1, 0.15) is 0 Å². The molecule has 0 bridgehead atoms. The van der Waals surface area contributed by atoms with Crippen molar-refractivity contribution in [2.75, 3.05) is 31.6 Å². The molecule has 1 saturated heterocycles. The van der Waals surface area contributed by atoms with Gasteiger partial charge in [0.15, 0.2) is 0 Å². The largest absolute Gasteiger partial charge is 0.483 e. The summed E-state index contributed by atoms with van der Waals surface area (Å²) in [7, 11) is 2.08.